The minimum atomic E-state index is -0.838. The van der Waals surface area contributed by atoms with Crippen molar-refractivity contribution in [3.8, 4) is 11.1 Å². The number of benzene rings is 2. The van der Waals surface area contributed by atoms with Crippen LogP contribution in [0, 0.1) is 0 Å². The van der Waals surface area contributed by atoms with Gasteiger partial charge in [-0.1, -0.05) is 48.5 Å². The largest absolute Gasteiger partial charge is 0.481 e. The zero-order valence-electron chi connectivity index (χ0n) is 19.4. The maximum Gasteiger partial charge on any atom is 0.407 e. The number of fused-ring (bicyclic) bond motifs is 3. The summed E-state index contributed by atoms with van der Waals surface area (Å²) in [6.07, 6.45) is 2.18. The standard InChI is InChI=1S/C26H27N3O5S/c1-29(13-7-6-12-24(30)31)25(32)22-14-27-23(35-22)15-28-26(33)34-16-21-19-10-4-2-8-17(19)18-9-3-5-11-20(18)21/h2-5,8-11,14,21H,6-7,12-13,15-16H2,1H3,(H,28,33)(H,30,31). The molecule has 2 N–H and O–H groups in total. The van der Waals surface area contributed by atoms with Gasteiger partial charge in [-0.05, 0) is 35.1 Å². The van der Waals surface area contributed by atoms with Crippen LogP contribution in [0.1, 0.15) is 51.0 Å². The normalized spacial score (nSPS) is 12.0. The highest BCUT2D eigenvalue weighted by atomic mass is 32.1. The van der Waals surface area contributed by atoms with Gasteiger partial charge in [-0.15, -0.1) is 11.3 Å². The van der Waals surface area contributed by atoms with Crippen LogP contribution >= 0.6 is 11.3 Å². The van der Waals surface area contributed by atoms with Gasteiger partial charge in [0.05, 0.1) is 12.7 Å². The second-order valence-corrected chi connectivity index (χ2v) is 9.49. The van der Waals surface area contributed by atoms with E-state index in [-0.39, 0.29) is 31.4 Å². The fourth-order valence-electron chi connectivity index (χ4n) is 4.20. The molecule has 182 valence electrons. The number of nitrogens with one attached hydrogen (secondary N) is 1. The number of rotatable bonds is 10. The first kappa shape index (κ1) is 24.4. The molecule has 0 spiro atoms. The Morgan fingerprint density at radius 1 is 1.06 bits per heavy atom. The lowest BCUT2D eigenvalue weighted by Gasteiger charge is -2.15. The van der Waals surface area contributed by atoms with Crippen molar-refractivity contribution in [3.05, 3.63) is 75.7 Å². The molecular formula is C26H27N3O5S. The first-order valence-corrected chi connectivity index (χ1v) is 12.3. The number of carbonyl (C=O) groups excluding carboxylic acids is 2. The Morgan fingerprint density at radius 2 is 1.71 bits per heavy atom. The van der Waals surface area contributed by atoms with E-state index in [4.69, 9.17) is 9.84 Å². The summed E-state index contributed by atoms with van der Waals surface area (Å²) in [6.45, 7) is 0.864. The fourth-order valence-corrected chi connectivity index (χ4v) is 5.06. The number of aliphatic carboxylic acids is 1. The summed E-state index contributed by atoms with van der Waals surface area (Å²) in [5, 5.41) is 12.0. The third-order valence-corrected chi connectivity index (χ3v) is 6.96. The number of amides is 2. The number of carbonyl (C=O) groups is 3. The molecule has 0 radical (unpaired) electrons. The van der Waals surface area contributed by atoms with Gasteiger partial charge in [-0.25, -0.2) is 9.78 Å². The number of ether oxygens (including phenoxy) is 1. The van der Waals surface area contributed by atoms with Crippen LogP contribution in [0.15, 0.2) is 54.7 Å². The first-order valence-electron chi connectivity index (χ1n) is 11.4. The highest BCUT2D eigenvalue weighted by molar-refractivity contribution is 7.13. The van der Waals surface area contributed by atoms with Crippen LogP contribution in [0.3, 0.4) is 0 Å². The maximum atomic E-state index is 12.5. The fraction of sp³-hybridized carbons (Fsp3) is 0.308. The Bertz CT molecular complexity index is 1180. The van der Waals surface area contributed by atoms with Gasteiger partial charge in [0.25, 0.3) is 5.91 Å². The number of unbranched alkanes of at least 4 members (excludes halogenated alkanes) is 1. The average Bonchev–Trinajstić information content (AvgIpc) is 3.46. The summed E-state index contributed by atoms with van der Waals surface area (Å²) in [5.74, 6) is -1.02. The second-order valence-electron chi connectivity index (χ2n) is 8.37. The van der Waals surface area contributed by atoms with Crippen molar-refractivity contribution in [1.29, 1.82) is 0 Å². The Balaban J connectivity index is 1.26. The predicted octanol–water partition coefficient (Wildman–Crippen LogP) is 4.51. The van der Waals surface area contributed by atoms with Gasteiger partial charge in [0.2, 0.25) is 0 Å². The van der Waals surface area contributed by atoms with E-state index in [1.165, 1.54) is 28.7 Å². The molecule has 4 rings (SSSR count). The number of thiazole rings is 1. The van der Waals surface area contributed by atoms with Crippen molar-refractivity contribution in [3.63, 3.8) is 0 Å². The molecule has 2 aromatic carbocycles. The van der Waals surface area contributed by atoms with Gasteiger partial charge >= 0.3 is 12.1 Å². The van der Waals surface area contributed by atoms with E-state index in [2.05, 4.69) is 34.6 Å². The van der Waals surface area contributed by atoms with E-state index in [0.717, 1.165) is 11.1 Å². The molecule has 8 nitrogen and oxygen atoms in total. The summed E-state index contributed by atoms with van der Waals surface area (Å²) in [4.78, 5) is 41.8. The van der Waals surface area contributed by atoms with Crippen molar-refractivity contribution in [1.82, 2.24) is 15.2 Å². The molecule has 1 aliphatic rings. The van der Waals surface area contributed by atoms with Crippen molar-refractivity contribution >= 4 is 29.3 Å². The lowest BCUT2D eigenvalue weighted by Crippen LogP contribution is -2.27. The molecule has 0 saturated heterocycles. The molecule has 35 heavy (non-hydrogen) atoms. The van der Waals surface area contributed by atoms with Crippen LogP contribution < -0.4 is 5.32 Å². The summed E-state index contributed by atoms with van der Waals surface area (Å²) in [6, 6.07) is 16.3. The van der Waals surface area contributed by atoms with Gasteiger partial charge in [-0.3, -0.25) is 9.59 Å². The molecule has 1 aromatic heterocycles. The molecular weight excluding hydrogens is 466 g/mol. The molecule has 3 aromatic rings. The van der Waals surface area contributed by atoms with Gasteiger partial charge < -0.3 is 20.1 Å². The van der Waals surface area contributed by atoms with E-state index < -0.39 is 12.1 Å². The van der Waals surface area contributed by atoms with Crippen LogP contribution in [0.5, 0.6) is 0 Å². The van der Waals surface area contributed by atoms with Crippen molar-refractivity contribution in [2.24, 2.45) is 0 Å². The van der Waals surface area contributed by atoms with Gasteiger partial charge in [0.1, 0.15) is 16.5 Å². The van der Waals surface area contributed by atoms with Crippen LogP contribution in [0.4, 0.5) is 4.79 Å². The number of carboxylic acid groups (broad SMARTS) is 1. The topological polar surface area (TPSA) is 109 Å². The number of aromatic nitrogens is 1. The van der Waals surface area contributed by atoms with Crippen molar-refractivity contribution in [2.75, 3.05) is 20.2 Å². The smallest absolute Gasteiger partial charge is 0.407 e. The second kappa shape index (κ2) is 11.1. The summed E-state index contributed by atoms with van der Waals surface area (Å²) in [7, 11) is 1.68. The molecule has 9 heteroatoms. The van der Waals surface area contributed by atoms with Gasteiger partial charge in [0.15, 0.2) is 0 Å². The molecule has 1 aliphatic carbocycles. The number of hydrogen-bond acceptors (Lipinski definition) is 6. The molecule has 0 fully saturated rings. The molecule has 2 amide bonds. The van der Waals surface area contributed by atoms with Gasteiger partial charge in [0, 0.05) is 25.9 Å². The average molecular weight is 494 g/mol. The molecule has 0 unspecified atom stereocenters. The van der Waals surface area contributed by atoms with Crippen molar-refractivity contribution in [2.45, 2.75) is 31.7 Å². The van der Waals surface area contributed by atoms with E-state index in [9.17, 15) is 14.4 Å². The van der Waals surface area contributed by atoms with E-state index in [1.54, 1.807) is 11.9 Å². The number of nitrogens with zero attached hydrogens (tertiary/aromatic N) is 2. The minimum absolute atomic E-state index is 0.0109. The highest BCUT2D eigenvalue weighted by Crippen LogP contribution is 2.44. The Morgan fingerprint density at radius 3 is 2.37 bits per heavy atom. The van der Waals surface area contributed by atoms with Crippen LogP contribution in [-0.4, -0.2) is 53.2 Å². The monoisotopic (exact) mass is 493 g/mol. The highest BCUT2D eigenvalue weighted by Gasteiger charge is 2.29. The zero-order chi connectivity index (χ0) is 24.8. The summed E-state index contributed by atoms with van der Waals surface area (Å²) in [5.41, 5.74) is 4.64. The molecule has 0 aliphatic heterocycles. The lowest BCUT2D eigenvalue weighted by molar-refractivity contribution is -0.137. The summed E-state index contributed by atoms with van der Waals surface area (Å²) >= 11 is 1.21. The number of carboxylic acids is 1. The maximum absolute atomic E-state index is 12.5. The van der Waals surface area contributed by atoms with E-state index in [1.807, 2.05) is 24.3 Å². The number of hydrogen-bond donors (Lipinski definition) is 2. The quantitative estimate of drug-likeness (QED) is 0.402. The zero-order valence-corrected chi connectivity index (χ0v) is 20.2. The Hall–Kier alpha value is -3.72. The van der Waals surface area contributed by atoms with Crippen LogP contribution in [0.25, 0.3) is 11.1 Å². The predicted molar refractivity (Wildman–Crippen MR) is 132 cm³/mol. The molecule has 0 atom stereocenters. The molecule has 0 bridgehead atoms. The van der Waals surface area contributed by atoms with Crippen LogP contribution in [-0.2, 0) is 16.1 Å². The molecule has 0 saturated carbocycles. The Kier molecular flexibility index (Phi) is 7.77. The first-order chi connectivity index (χ1) is 16.9. The SMILES string of the molecule is CN(CCCCC(=O)O)C(=O)c1cnc(CNC(=O)OCC2c3ccccc3-c3ccccc32)s1. The minimum Gasteiger partial charge on any atom is -0.481 e. The Labute approximate surface area is 207 Å². The van der Waals surface area contributed by atoms with Crippen molar-refractivity contribution < 1.29 is 24.2 Å². The van der Waals surface area contributed by atoms with E-state index in [0.29, 0.717) is 29.3 Å². The molecule has 1 heterocycles. The van der Waals surface area contributed by atoms with Crippen LogP contribution in [0.2, 0.25) is 0 Å². The lowest BCUT2D eigenvalue weighted by atomic mass is 9.98. The third kappa shape index (κ3) is 5.86. The van der Waals surface area contributed by atoms with E-state index >= 15 is 0 Å². The number of alkyl carbamates (subject to hydrolysis) is 1. The third-order valence-electron chi connectivity index (χ3n) is 5.97. The van der Waals surface area contributed by atoms with Gasteiger partial charge in [-0.2, -0.15) is 0 Å². The summed E-state index contributed by atoms with van der Waals surface area (Å²) < 4.78 is 5.54.